The van der Waals surface area contributed by atoms with Gasteiger partial charge in [-0.15, -0.1) is 0 Å². The minimum Gasteiger partial charge on any atom is -0.377 e. The highest BCUT2D eigenvalue weighted by Gasteiger charge is 2.42. The summed E-state index contributed by atoms with van der Waals surface area (Å²) in [5.41, 5.74) is -1.90. The monoisotopic (exact) mass is 385 g/mol. The molecule has 0 radical (unpaired) electrons. The first kappa shape index (κ1) is 18.7. The van der Waals surface area contributed by atoms with Crippen LogP contribution in [0.1, 0.15) is 13.8 Å². The molecular formula is C16H20FN3O5S. The van der Waals surface area contributed by atoms with Crippen molar-refractivity contribution in [1.29, 1.82) is 0 Å². The molecule has 3 rings (SSSR count). The molecule has 0 amide bonds. The predicted octanol–water partition coefficient (Wildman–Crippen LogP) is 0.220. The Balaban J connectivity index is 2.18. The molecule has 1 aliphatic rings. The molecule has 1 saturated heterocycles. The van der Waals surface area contributed by atoms with Crippen molar-refractivity contribution in [3.8, 4) is 0 Å². The number of nitrogens with one attached hydrogen (secondary N) is 1. The maximum Gasteiger partial charge on any atom is 0.331 e. The highest BCUT2D eigenvalue weighted by molar-refractivity contribution is 7.89. The number of ether oxygens (including phenoxy) is 1. The van der Waals surface area contributed by atoms with E-state index in [-0.39, 0.29) is 30.0 Å². The number of fused-ring (bicyclic) bond motifs is 1. The van der Waals surface area contributed by atoms with Crippen molar-refractivity contribution in [2.45, 2.75) is 37.4 Å². The molecule has 2 aromatic rings. The molecule has 2 heterocycles. The number of nitrogens with zero attached hydrogens (tertiary/aromatic N) is 2. The van der Waals surface area contributed by atoms with Gasteiger partial charge in [0.2, 0.25) is 10.0 Å². The molecule has 1 aliphatic heterocycles. The molecule has 0 unspecified atom stereocenters. The maximum absolute atomic E-state index is 13.2. The van der Waals surface area contributed by atoms with E-state index in [1.807, 2.05) is 0 Å². The number of hydrogen-bond donors (Lipinski definition) is 1. The zero-order chi connectivity index (χ0) is 19.1. The largest absolute Gasteiger partial charge is 0.377 e. The fourth-order valence-corrected chi connectivity index (χ4v) is 4.39. The lowest BCUT2D eigenvalue weighted by molar-refractivity contribution is -0.0725. The van der Waals surface area contributed by atoms with E-state index in [4.69, 9.17) is 4.74 Å². The number of aromatic nitrogens is 2. The molecule has 0 saturated carbocycles. The summed E-state index contributed by atoms with van der Waals surface area (Å²) in [5.74, 6) is 0. The smallest absolute Gasteiger partial charge is 0.331 e. The number of halogens is 1. The number of sulfonamides is 1. The van der Waals surface area contributed by atoms with E-state index < -0.39 is 33.5 Å². The van der Waals surface area contributed by atoms with E-state index in [0.717, 1.165) is 4.57 Å². The van der Waals surface area contributed by atoms with Gasteiger partial charge in [0.05, 0.1) is 29.0 Å². The van der Waals surface area contributed by atoms with E-state index in [0.29, 0.717) is 12.1 Å². The van der Waals surface area contributed by atoms with Crippen LogP contribution in [0.15, 0.2) is 32.7 Å². The predicted molar refractivity (Wildman–Crippen MR) is 93.7 cm³/mol. The highest BCUT2D eigenvalue weighted by atomic mass is 32.2. The highest BCUT2D eigenvalue weighted by Crippen LogP contribution is 2.23. The van der Waals surface area contributed by atoms with Crippen molar-refractivity contribution in [1.82, 2.24) is 13.9 Å². The van der Waals surface area contributed by atoms with Gasteiger partial charge in [-0.05, 0) is 32.0 Å². The third-order valence-corrected chi connectivity index (χ3v) is 6.08. The minimum absolute atomic E-state index is 0.0473. The first-order valence-electron chi connectivity index (χ1n) is 8.23. The number of benzene rings is 1. The Kier molecular flexibility index (Phi) is 4.76. The van der Waals surface area contributed by atoms with Gasteiger partial charge in [0.1, 0.15) is 12.2 Å². The van der Waals surface area contributed by atoms with Crippen LogP contribution < -0.4 is 16.0 Å². The lowest BCUT2D eigenvalue weighted by atomic mass is 10.0. The number of alkyl halides is 1. The van der Waals surface area contributed by atoms with Crippen LogP contribution in [0.3, 0.4) is 0 Å². The molecule has 8 nitrogen and oxygen atoms in total. The van der Waals surface area contributed by atoms with E-state index in [1.165, 1.54) is 22.8 Å². The van der Waals surface area contributed by atoms with Gasteiger partial charge in [0.25, 0.3) is 5.56 Å². The molecule has 1 aromatic carbocycles. The maximum atomic E-state index is 13.2. The standard InChI is InChI=1S/C16H20FN3O5S/c1-3-19-13-6-5-11(7-12(13)14(21)20(4-2)15(19)22)26(23,24)18-16(8-17)9-25-10-16/h5-7,18H,3-4,8-10H2,1-2H3. The normalized spacial score (nSPS) is 16.6. The van der Waals surface area contributed by atoms with Gasteiger partial charge < -0.3 is 4.74 Å². The molecule has 0 bridgehead atoms. The molecular weight excluding hydrogens is 365 g/mol. The van der Waals surface area contributed by atoms with Crippen LogP contribution >= 0.6 is 0 Å². The third-order valence-electron chi connectivity index (χ3n) is 4.50. The van der Waals surface area contributed by atoms with Crippen LogP contribution in [0.25, 0.3) is 10.9 Å². The van der Waals surface area contributed by atoms with Crippen LogP contribution in [-0.2, 0) is 27.8 Å². The summed E-state index contributed by atoms with van der Waals surface area (Å²) < 4.78 is 48.1. The van der Waals surface area contributed by atoms with Crippen molar-refractivity contribution in [3.63, 3.8) is 0 Å². The van der Waals surface area contributed by atoms with Gasteiger partial charge in [0, 0.05) is 13.1 Å². The third kappa shape index (κ3) is 2.87. The SMILES string of the molecule is CCn1c(=O)c2cc(S(=O)(=O)NC3(CF)COC3)ccc2n(CC)c1=O. The molecule has 10 heteroatoms. The zero-order valence-electron chi connectivity index (χ0n) is 14.5. The van der Waals surface area contributed by atoms with Crippen LogP contribution in [-0.4, -0.2) is 43.0 Å². The Morgan fingerprint density at radius 3 is 2.35 bits per heavy atom. The Hall–Kier alpha value is -2.04. The fraction of sp³-hybridized carbons (Fsp3) is 0.500. The molecule has 0 aliphatic carbocycles. The second kappa shape index (κ2) is 6.60. The van der Waals surface area contributed by atoms with Crippen LogP contribution in [0.5, 0.6) is 0 Å². The summed E-state index contributed by atoms with van der Waals surface area (Å²) in [4.78, 5) is 24.8. The van der Waals surface area contributed by atoms with Gasteiger partial charge in [-0.1, -0.05) is 0 Å². The topological polar surface area (TPSA) is 99.4 Å². The zero-order valence-corrected chi connectivity index (χ0v) is 15.3. The average Bonchev–Trinajstić information content (AvgIpc) is 2.59. The van der Waals surface area contributed by atoms with Crippen molar-refractivity contribution >= 4 is 20.9 Å². The van der Waals surface area contributed by atoms with Gasteiger partial charge in [-0.2, -0.15) is 4.72 Å². The summed E-state index contributed by atoms with van der Waals surface area (Å²) in [6, 6.07) is 3.95. The Morgan fingerprint density at radius 2 is 1.85 bits per heavy atom. The van der Waals surface area contributed by atoms with Crippen LogP contribution in [0.2, 0.25) is 0 Å². The van der Waals surface area contributed by atoms with Crippen LogP contribution in [0, 0.1) is 0 Å². The fourth-order valence-electron chi connectivity index (χ4n) is 3.01. The quantitative estimate of drug-likeness (QED) is 0.767. The molecule has 0 spiro atoms. The van der Waals surface area contributed by atoms with E-state index >= 15 is 0 Å². The average molecular weight is 385 g/mol. The second-order valence-electron chi connectivity index (χ2n) is 6.27. The van der Waals surface area contributed by atoms with Gasteiger partial charge in [-0.25, -0.2) is 17.6 Å². The molecule has 0 atom stereocenters. The number of hydrogen-bond acceptors (Lipinski definition) is 5. The Bertz CT molecular complexity index is 1060. The Morgan fingerprint density at radius 1 is 1.19 bits per heavy atom. The summed E-state index contributed by atoms with van der Waals surface area (Å²) in [6.07, 6.45) is 0. The van der Waals surface area contributed by atoms with Gasteiger partial charge in [-0.3, -0.25) is 13.9 Å². The summed E-state index contributed by atoms with van der Waals surface area (Å²) >= 11 is 0. The molecule has 26 heavy (non-hydrogen) atoms. The van der Waals surface area contributed by atoms with E-state index in [9.17, 15) is 22.4 Å². The van der Waals surface area contributed by atoms with E-state index in [2.05, 4.69) is 4.72 Å². The lowest BCUT2D eigenvalue weighted by Gasteiger charge is -2.39. The summed E-state index contributed by atoms with van der Waals surface area (Å²) in [6.45, 7) is 2.95. The molecule has 1 aromatic heterocycles. The van der Waals surface area contributed by atoms with E-state index in [1.54, 1.807) is 13.8 Å². The van der Waals surface area contributed by atoms with Gasteiger partial charge >= 0.3 is 5.69 Å². The van der Waals surface area contributed by atoms with Crippen molar-refractivity contribution in [3.05, 3.63) is 39.0 Å². The first-order valence-corrected chi connectivity index (χ1v) is 9.72. The first-order chi connectivity index (χ1) is 12.3. The summed E-state index contributed by atoms with van der Waals surface area (Å²) in [7, 11) is -4.05. The summed E-state index contributed by atoms with van der Waals surface area (Å²) in [5, 5.41) is 0.121. The number of rotatable bonds is 6. The minimum atomic E-state index is -4.05. The molecule has 142 valence electrons. The lowest BCUT2D eigenvalue weighted by Crippen LogP contribution is -2.63. The van der Waals surface area contributed by atoms with Crippen molar-refractivity contribution in [2.75, 3.05) is 19.9 Å². The van der Waals surface area contributed by atoms with Gasteiger partial charge in [0.15, 0.2) is 0 Å². The van der Waals surface area contributed by atoms with Crippen molar-refractivity contribution < 1.29 is 17.5 Å². The Labute approximate surface area is 149 Å². The van der Waals surface area contributed by atoms with Crippen molar-refractivity contribution in [2.24, 2.45) is 0 Å². The molecule has 1 fully saturated rings. The second-order valence-corrected chi connectivity index (χ2v) is 7.95. The molecule has 1 N–H and O–H groups in total. The van der Waals surface area contributed by atoms with Crippen LogP contribution in [0.4, 0.5) is 4.39 Å². The number of aryl methyl sites for hydroxylation is 1.